The molecule has 1 heterocycles. The number of carbonyl (C=O) groups is 3. The van der Waals surface area contributed by atoms with E-state index in [2.05, 4.69) is 5.32 Å². The van der Waals surface area contributed by atoms with Gasteiger partial charge in [-0.2, -0.15) is 0 Å². The van der Waals surface area contributed by atoms with E-state index in [1.54, 1.807) is 36.4 Å². The van der Waals surface area contributed by atoms with Gasteiger partial charge in [0.15, 0.2) is 6.04 Å². The number of nitrogens with zero attached hydrogens (tertiary/aromatic N) is 1. The Morgan fingerprint density at radius 1 is 1.11 bits per heavy atom. The Balaban J connectivity index is 2.04. The molecule has 2 aromatic carbocycles. The molecule has 0 aromatic heterocycles. The number of ether oxygens (including phenoxy) is 1. The van der Waals surface area contributed by atoms with Crippen molar-refractivity contribution in [1.82, 2.24) is 5.32 Å². The van der Waals surface area contributed by atoms with E-state index < -0.39 is 29.9 Å². The molecule has 27 heavy (non-hydrogen) atoms. The minimum Gasteiger partial charge on any atom is -0.467 e. The lowest BCUT2D eigenvalue weighted by atomic mass is 10.00. The first-order valence-electron chi connectivity index (χ1n) is 8.22. The highest BCUT2D eigenvalue weighted by atomic mass is 35.5. The number of hydrogen-bond donors (Lipinski definition) is 1. The van der Waals surface area contributed by atoms with Gasteiger partial charge in [-0.25, -0.2) is 4.79 Å². The normalized spacial score (nSPS) is 19.9. The number of amides is 2. The number of halogens is 1. The van der Waals surface area contributed by atoms with E-state index in [0.29, 0.717) is 10.7 Å². The van der Waals surface area contributed by atoms with Gasteiger partial charge in [-0.05, 0) is 29.8 Å². The molecule has 0 bridgehead atoms. The third-order valence-electron chi connectivity index (χ3n) is 4.18. The van der Waals surface area contributed by atoms with Crippen LogP contribution >= 0.6 is 11.6 Å². The van der Waals surface area contributed by atoms with Crippen molar-refractivity contribution in [2.75, 3.05) is 12.0 Å². The number of carbonyl (C=O) groups excluding carboxylic acids is 3. The zero-order valence-electron chi connectivity index (χ0n) is 14.5. The lowest BCUT2D eigenvalue weighted by Gasteiger charge is -2.38. The van der Waals surface area contributed by atoms with Gasteiger partial charge in [0, 0.05) is 10.7 Å². The van der Waals surface area contributed by atoms with Crippen LogP contribution in [-0.2, 0) is 19.1 Å². The topological polar surface area (TPSA) is 75.7 Å². The molecule has 1 saturated heterocycles. The highest BCUT2D eigenvalue weighted by molar-refractivity contribution is 6.42. The van der Waals surface area contributed by atoms with Gasteiger partial charge < -0.3 is 10.1 Å². The Bertz CT molecular complexity index is 881. The van der Waals surface area contributed by atoms with Crippen LogP contribution in [0.3, 0.4) is 0 Å². The summed E-state index contributed by atoms with van der Waals surface area (Å²) in [6.45, 7) is 0. The molecule has 0 unspecified atom stereocenters. The van der Waals surface area contributed by atoms with Crippen molar-refractivity contribution in [1.29, 1.82) is 0 Å². The first-order chi connectivity index (χ1) is 13.0. The molecule has 0 aliphatic carbocycles. The van der Waals surface area contributed by atoms with Crippen LogP contribution in [0.4, 0.5) is 5.69 Å². The summed E-state index contributed by atoms with van der Waals surface area (Å²) >= 11 is 5.92. The van der Waals surface area contributed by atoms with Gasteiger partial charge in [-0.15, -0.1) is 0 Å². The molecule has 138 valence electrons. The molecule has 0 radical (unpaired) electrons. The quantitative estimate of drug-likeness (QED) is 0.649. The lowest BCUT2D eigenvalue weighted by molar-refractivity contribution is -0.149. The maximum Gasteiger partial charge on any atom is 0.330 e. The van der Waals surface area contributed by atoms with Crippen molar-refractivity contribution >= 4 is 41.1 Å². The fourth-order valence-corrected chi connectivity index (χ4v) is 3.00. The van der Waals surface area contributed by atoms with Gasteiger partial charge in [0.25, 0.3) is 0 Å². The summed E-state index contributed by atoms with van der Waals surface area (Å²) in [4.78, 5) is 38.2. The summed E-state index contributed by atoms with van der Waals surface area (Å²) in [5, 5.41) is 2.93. The van der Waals surface area contributed by atoms with E-state index >= 15 is 0 Å². The predicted octanol–water partition coefficient (Wildman–Crippen LogP) is 2.43. The highest BCUT2D eigenvalue weighted by Crippen LogP contribution is 2.25. The highest BCUT2D eigenvalue weighted by Gasteiger charge is 2.44. The Morgan fingerprint density at radius 3 is 2.41 bits per heavy atom. The van der Waals surface area contributed by atoms with Crippen LogP contribution in [0.15, 0.2) is 60.7 Å². The maximum atomic E-state index is 12.6. The van der Waals surface area contributed by atoms with Gasteiger partial charge in [-0.3, -0.25) is 14.5 Å². The third-order valence-corrected chi connectivity index (χ3v) is 4.44. The fourth-order valence-electron chi connectivity index (χ4n) is 2.87. The van der Waals surface area contributed by atoms with Crippen LogP contribution in [0.1, 0.15) is 5.56 Å². The van der Waals surface area contributed by atoms with Gasteiger partial charge >= 0.3 is 17.8 Å². The largest absolute Gasteiger partial charge is 0.467 e. The van der Waals surface area contributed by atoms with E-state index in [-0.39, 0.29) is 0 Å². The molecule has 2 aromatic rings. The second-order valence-corrected chi connectivity index (χ2v) is 6.32. The molecule has 7 heteroatoms. The number of methoxy groups -OCH3 is 1. The van der Waals surface area contributed by atoms with Crippen molar-refractivity contribution in [2.45, 2.75) is 12.1 Å². The molecule has 3 rings (SSSR count). The maximum absolute atomic E-state index is 12.6. The number of esters is 1. The standard InChI is InChI=1S/C20H17ClN2O4/c1-27-20(26)17-16(12-7-13-5-3-2-4-6-13)23(19(25)18(24)22-17)15-10-8-14(21)9-11-15/h2-12,16-17H,1H3,(H,22,24)/b12-7+/t16-,17+/m1/s1. The van der Waals surface area contributed by atoms with Crippen LogP contribution in [-0.4, -0.2) is 37.0 Å². The zero-order chi connectivity index (χ0) is 19.4. The third kappa shape index (κ3) is 4.01. The Labute approximate surface area is 161 Å². The molecule has 2 amide bonds. The minimum absolute atomic E-state index is 0.455. The smallest absolute Gasteiger partial charge is 0.330 e. The first kappa shape index (κ1) is 18.7. The number of hydrogen-bond acceptors (Lipinski definition) is 4. The number of rotatable bonds is 4. The Kier molecular flexibility index (Phi) is 5.57. The van der Waals surface area contributed by atoms with Crippen LogP contribution in [0, 0.1) is 0 Å². The second kappa shape index (κ2) is 8.05. The first-order valence-corrected chi connectivity index (χ1v) is 8.60. The summed E-state index contributed by atoms with van der Waals surface area (Å²) in [5.41, 5.74) is 1.34. The van der Waals surface area contributed by atoms with Gasteiger partial charge in [0.05, 0.1) is 13.2 Å². The van der Waals surface area contributed by atoms with E-state index in [1.165, 1.54) is 12.0 Å². The van der Waals surface area contributed by atoms with Gasteiger partial charge in [0.1, 0.15) is 0 Å². The molecular weight excluding hydrogens is 368 g/mol. The molecule has 1 aliphatic heterocycles. The van der Waals surface area contributed by atoms with Crippen molar-refractivity contribution < 1.29 is 19.1 Å². The minimum atomic E-state index is -1.03. The summed E-state index contributed by atoms with van der Waals surface area (Å²) in [5.74, 6) is -2.28. The van der Waals surface area contributed by atoms with E-state index in [1.807, 2.05) is 30.3 Å². The molecule has 0 saturated carbocycles. The average molecular weight is 385 g/mol. The number of anilines is 1. The molecule has 1 fully saturated rings. The van der Waals surface area contributed by atoms with Crippen LogP contribution < -0.4 is 10.2 Å². The molecule has 1 aliphatic rings. The SMILES string of the molecule is COC(=O)[C@H]1NC(=O)C(=O)N(c2ccc(Cl)cc2)[C@@H]1/C=C/c1ccccc1. The number of nitrogens with one attached hydrogen (secondary N) is 1. The van der Waals surface area contributed by atoms with Crippen molar-refractivity contribution in [2.24, 2.45) is 0 Å². The lowest BCUT2D eigenvalue weighted by Crippen LogP contribution is -2.65. The van der Waals surface area contributed by atoms with Gasteiger partial charge in [-0.1, -0.05) is 54.1 Å². The fraction of sp³-hybridized carbons (Fsp3) is 0.150. The summed E-state index contributed by atoms with van der Waals surface area (Å²) in [6.07, 6.45) is 3.48. The summed E-state index contributed by atoms with van der Waals surface area (Å²) < 4.78 is 4.81. The van der Waals surface area contributed by atoms with E-state index in [0.717, 1.165) is 5.56 Å². The number of piperazine rings is 1. The molecular formula is C20H17ClN2O4. The Hall–Kier alpha value is -3.12. The molecule has 1 N–H and O–H groups in total. The van der Waals surface area contributed by atoms with Gasteiger partial charge in [0.2, 0.25) is 0 Å². The van der Waals surface area contributed by atoms with Crippen LogP contribution in [0.25, 0.3) is 6.08 Å². The second-order valence-electron chi connectivity index (χ2n) is 5.89. The zero-order valence-corrected chi connectivity index (χ0v) is 15.2. The van der Waals surface area contributed by atoms with Crippen LogP contribution in [0.2, 0.25) is 5.02 Å². The van der Waals surface area contributed by atoms with Crippen molar-refractivity contribution in [3.63, 3.8) is 0 Å². The Morgan fingerprint density at radius 2 is 1.78 bits per heavy atom. The van der Waals surface area contributed by atoms with E-state index in [9.17, 15) is 14.4 Å². The summed E-state index contributed by atoms with van der Waals surface area (Å²) in [7, 11) is 1.23. The van der Waals surface area contributed by atoms with Crippen LogP contribution in [0.5, 0.6) is 0 Å². The van der Waals surface area contributed by atoms with E-state index in [4.69, 9.17) is 16.3 Å². The molecule has 6 nitrogen and oxygen atoms in total. The summed E-state index contributed by atoms with van der Waals surface area (Å²) in [6, 6.07) is 14.1. The number of benzene rings is 2. The molecule has 2 atom stereocenters. The monoisotopic (exact) mass is 384 g/mol. The molecule has 0 spiro atoms. The van der Waals surface area contributed by atoms with Crippen molar-refractivity contribution in [3.05, 3.63) is 71.3 Å². The predicted molar refractivity (Wildman–Crippen MR) is 102 cm³/mol. The average Bonchev–Trinajstić information content (AvgIpc) is 2.69. The van der Waals surface area contributed by atoms with Crippen molar-refractivity contribution in [3.8, 4) is 0 Å².